The summed E-state index contributed by atoms with van der Waals surface area (Å²) < 4.78 is 44.8. The number of nitrogens with one attached hydrogen (secondary N) is 1. The summed E-state index contributed by atoms with van der Waals surface area (Å²) >= 11 is 0. The van der Waals surface area contributed by atoms with Crippen molar-refractivity contribution in [1.29, 1.82) is 0 Å². The average Bonchev–Trinajstić information content (AvgIpc) is 2.88. The van der Waals surface area contributed by atoms with Crippen LogP contribution in [0.15, 0.2) is 72.8 Å². The lowest BCUT2D eigenvalue weighted by Crippen LogP contribution is -2.46. The number of sulfonamides is 1. The third kappa shape index (κ3) is 8.11. The van der Waals surface area contributed by atoms with Crippen LogP contribution in [-0.4, -0.2) is 39.8 Å². The summed E-state index contributed by atoms with van der Waals surface area (Å²) in [6.45, 7) is 4.24. The molecular formula is C29H36FN3O4S. The molecule has 38 heavy (non-hydrogen) atoms. The molecule has 9 heteroatoms. The summed E-state index contributed by atoms with van der Waals surface area (Å²) in [5.74, 6) is -0.751. The smallest absolute Gasteiger partial charge is 0.251 e. The molecule has 0 fully saturated rings. The Morgan fingerprint density at radius 3 is 2.34 bits per heavy atom. The minimum atomic E-state index is -3.56. The van der Waals surface area contributed by atoms with E-state index in [0.717, 1.165) is 21.7 Å². The second kappa shape index (κ2) is 12.5. The van der Waals surface area contributed by atoms with Crippen LogP contribution >= 0.6 is 0 Å². The number of carbonyl (C=O) groups excluding carboxylic acids is 1. The monoisotopic (exact) mass is 541 g/mol. The van der Waals surface area contributed by atoms with E-state index in [4.69, 9.17) is 10.5 Å². The Balaban J connectivity index is 1.79. The molecule has 0 spiro atoms. The van der Waals surface area contributed by atoms with Crippen molar-refractivity contribution < 1.29 is 22.3 Å². The molecule has 204 valence electrons. The van der Waals surface area contributed by atoms with Crippen LogP contribution in [0.2, 0.25) is 0 Å². The Labute approximate surface area is 224 Å². The molecule has 0 aliphatic heterocycles. The van der Waals surface area contributed by atoms with E-state index in [2.05, 4.69) is 5.32 Å². The molecule has 3 aromatic carbocycles. The van der Waals surface area contributed by atoms with Gasteiger partial charge >= 0.3 is 0 Å². The van der Waals surface area contributed by atoms with Gasteiger partial charge in [0.1, 0.15) is 5.82 Å². The van der Waals surface area contributed by atoms with Crippen LogP contribution < -0.4 is 15.4 Å². The van der Waals surface area contributed by atoms with Gasteiger partial charge in [0.25, 0.3) is 5.91 Å². The molecule has 0 radical (unpaired) electrons. The first-order chi connectivity index (χ1) is 17.9. The molecule has 0 saturated heterocycles. The van der Waals surface area contributed by atoms with Gasteiger partial charge in [-0.25, -0.2) is 12.8 Å². The molecule has 7 nitrogen and oxygen atoms in total. The molecule has 3 aromatic rings. The summed E-state index contributed by atoms with van der Waals surface area (Å²) in [6.07, 6.45) is 2.45. The van der Waals surface area contributed by atoms with Gasteiger partial charge in [0, 0.05) is 18.2 Å². The maximum Gasteiger partial charge on any atom is 0.251 e. The largest absolute Gasteiger partial charge is 0.375 e. The minimum Gasteiger partial charge on any atom is -0.375 e. The van der Waals surface area contributed by atoms with Crippen LogP contribution in [0.25, 0.3) is 0 Å². The fraction of sp³-hybridized carbons (Fsp3) is 0.345. The molecule has 3 N–H and O–H groups in total. The van der Waals surface area contributed by atoms with Crippen molar-refractivity contribution >= 4 is 21.6 Å². The highest BCUT2D eigenvalue weighted by molar-refractivity contribution is 7.92. The summed E-state index contributed by atoms with van der Waals surface area (Å²) in [7, 11) is -2.13. The zero-order chi connectivity index (χ0) is 27.9. The number of halogens is 1. The number of ether oxygens (including phenoxy) is 1. The third-order valence-electron chi connectivity index (χ3n) is 6.58. The van der Waals surface area contributed by atoms with Crippen molar-refractivity contribution in [3.63, 3.8) is 0 Å². The van der Waals surface area contributed by atoms with Crippen LogP contribution in [0.4, 0.5) is 10.1 Å². The van der Waals surface area contributed by atoms with Crippen molar-refractivity contribution in [3.8, 4) is 0 Å². The van der Waals surface area contributed by atoms with E-state index in [1.807, 2.05) is 37.3 Å². The van der Waals surface area contributed by atoms with Crippen LogP contribution in [0.5, 0.6) is 0 Å². The number of amides is 1. The first kappa shape index (κ1) is 29.3. The van der Waals surface area contributed by atoms with Gasteiger partial charge < -0.3 is 15.8 Å². The van der Waals surface area contributed by atoms with Gasteiger partial charge in [0.2, 0.25) is 10.0 Å². The van der Waals surface area contributed by atoms with E-state index < -0.39 is 21.5 Å². The van der Waals surface area contributed by atoms with Crippen LogP contribution in [0.3, 0.4) is 0 Å². The second-order valence-electron chi connectivity index (χ2n) is 9.74. The van der Waals surface area contributed by atoms with Gasteiger partial charge in [0.05, 0.1) is 31.2 Å². The summed E-state index contributed by atoms with van der Waals surface area (Å²) in [6, 6.07) is 20.3. The Morgan fingerprint density at radius 2 is 1.74 bits per heavy atom. The number of rotatable bonds is 12. The fourth-order valence-electron chi connectivity index (χ4n) is 4.03. The van der Waals surface area contributed by atoms with Crippen LogP contribution in [0.1, 0.15) is 53.4 Å². The SMILES string of the molecule is CCC(N)(COCc1cc(C(=O)N[C@@H](C)c2ccc(F)cc2)cc(N(C)S(C)(=O)=O)c1)Cc1ccccc1. The first-order valence-electron chi connectivity index (χ1n) is 12.4. The number of hydrogen-bond donors (Lipinski definition) is 2. The number of carbonyl (C=O) groups is 1. The molecule has 1 amide bonds. The molecule has 2 atom stereocenters. The average molecular weight is 542 g/mol. The Kier molecular flexibility index (Phi) is 9.65. The lowest BCUT2D eigenvalue weighted by molar-refractivity contribution is 0.0710. The van der Waals surface area contributed by atoms with E-state index in [1.54, 1.807) is 31.2 Å². The molecule has 1 unspecified atom stereocenters. The Morgan fingerprint density at radius 1 is 1.08 bits per heavy atom. The van der Waals surface area contributed by atoms with Gasteiger partial charge in [-0.3, -0.25) is 9.10 Å². The molecule has 0 aliphatic carbocycles. The van der Waals surface area contributed by atoms with Gasteiger partial charge in [0.15, 0.2) is 0 Å². The van der Waals surface area contributed by atoms with Crippen LogP contribution in [-0.2, 0) is 27.8 Å². The summed E-state index contributed by atoms with van der Waals surface area (Å²) in [4.78, 5) is 13.1. The van der Waals surface area contributed by atoms with Gasteiger partial charge in [-0.15, -0.1) is 0 Å². The van der Waals surface area contributed by atoms with Gasteiger partial charge in [-0.2, -0.15) is 0 Å². The number of anilines is 1. The van der Waals surface area contributed by atoms with Crippen LogP contribution in [0, 0.1) is 5.82 Å². The van der Waals surface area contributed by atoms with E-state index >= 15 is 0 Å². The van der Waals surface area contributed by atoms with Gasteiger partial charge in [-0.1, -0.05) is 49.4 Å². The maximum atomic E-state index is 13.3. The fourth-order valence-corrected chi connectivity index (χ4v) is 4.52. The topological polar surface area (TPSA) is 102 Å². The van der Waals surface area contributed by atoms with Crippen molar-refractivity contribution in [3.05, 3.63) is 101 Å². The first-order valence-corrected chi connectivity index (χ1v) is 14.3. The predicted octanol–water partition coefficient (Wildman–Crippen LogP) is 4.58. The van der Waals surface area contributed by atoms with Gasteiger partial charge in [-0.05, 0) is 66.8 Å². The zero-order valence-electron chi connectivity index (χ0n) is 22.3. The Bertz CT molecular complexity index is 1330. The normalized spacial score (nSPS) is 13.9. The molecule has 0 aliphatic rings. The van der Waals surface area contributed by atoms with Crippen molar-refractivity contribution in [2.45, 2.75) is 44.9 Å². The molecule has 3 rings (SSSR count). The molecule has 0 heterocycles. The highest BCUT2D eigenvalue weighted by atomic mass is 32.2. The molecule has 0 aromatic heterocycles. The number of benzene rings is 3. The standard InChI is InChI=1S/C29H36FN3O4S/c1-5-29(31,18-22-9-7-6-8-10-22)20-37-19-23-15-25(17-27(16-23)33(3)38(4,35)36)28(34)32-21(2)24-11-13-26(30)14-12-24/h6-17,21H,5,18-20,31H2,1-4H3,(H,32,34)/t21-,29?/m0/s1. The van der Waals surface area contributed by atoms with E-state index in [1.165, 1.54) is 25.2 Å². The minimum absolute atomic E-state index is 0.146. The second-order valence-corrected chi connectivity index (χ2v) is 11.8. The third-order valence-corrected chi connectivity index (χ3v) is 7.79. The van der Waals surface area contributed by atoms with Crippen molar-refractivity contribution in [2.24, 2.45) is 5.73 Å². The highest BCUT2D eigenvalue weighted by Crippen LogP contribution is 2.23. The maximum absolute atomic E-state index is 13.3. The summed E-state index contributed by atoms with van der Waals surface area (Å²) in [5.41, 5.74) is 9.16. The van der Waals surface area contributed by atoms with E-state index in [0.29, 0.717) is 24.1 Å². The molecule has 0 bridgehead atoms. The lowest BCUT2D eigenvalue weighted by Gasteiger charge is -2.28. The van der Waals surface area contributed by atoms with Crippen molar-refractivity contribution in [1.82, 2.24) is 5.32 Å². The molecule has 0 saturated carbocycles. The predicted molar refractivity (Wildman–Crippen MR) is 149 cm³/mol. The number of nitrogens with zero attached hydrogens (tertiary/aromatic N) is 1. The van der Waals surface area contributed by atoms with E-state index in [9.17, 15) is 17.6 Å². The quantitative estimate of drug-likeness (QED) is 0.350. The highest BCUT2D eigenvalue weighted by Gasteiger charge is 2.24. The number of nitrogens with two attached hydrogens (primary N) is 1. The lowest BCUT2D eigenvalue weighted by atomic mass is 9.90. The van der Waals surface area contributed by atoms with E-state index in [-0.39, 0.29) is 30.6 Å². The number of hydrogen-bond acceptors (Lipinski definition) is 5. The molecular weight excluding hydrogens is 505 g/mol. The zero-order valence-corrected chi connectivity index (χ0v) is 23.1. The Hall–Kier alpha value is -3.27. The summed E-state index contributed by atoms with van der Waals surface area (Å²) in [5, 5.41) is 2.89. The van der Waals surface area contributed by atoms with Crippen molar-refractivity contribution in [2.75, 3.05) is 24.2 Å².